The second-order valence-electron chi connectivity index (χ2n) is 7.98. The van der Waals surface area contributed by atoms with Crippen LogP contribution in [0.4, 0.5) is 0 Å². The van der Waals surface area contributed by atoms with Crippen LogP contribution in [0, 0.1) is 0 Å². The first-order valence-electron chi connectivity index (χ1n) is 12.0. The van der Waals surface area contributed by atoms with Gasteiger partial charge in [0.15, 0.2) is 0 Å². The molecule has 0 heterocycles. The molecule has 0 atom stereocenters. The van der Waals surface area contributed by atoms with Gasteiger partial charge in [-0.25, -0.2) is 0 Å². The van der Waals surface area contributed by atoms with Gasteiger partial charge in [0.05, 0.1) is 0 Å². The van der Waals surface area contributed by atoms with E-state index in [4.69, 9.17) is 4.74 Å². The Morgan fingerprint density at radius 1 is 0.346 bits per heavy atom. The summed E-state index contributed by atoms with van der Waals surface area (Å²) in [5.41, 5.74) is 0. The van der Waals surface area contributed by atoms with Gasteiger partial charge in [0.25, 0.3) is 0 Å². The van der Waals surface area contributed by atoms with E-state index in [9.17, 15) is 0 Å². The van der Waals surface area contributed by atoms with E-state index in [0.29, 0.717) is 0 Å². The molecule has 0 aliphatic heterocycles. The van der Waals surface area contributed by atoms with Crippen LogP contribution < -0.4 is 0 Å². The SMILES string of the molecule is CCCCCCCCCCCCOCCCCCCCCCCCC.[Sn]. The molecule has 0 fully saturated rings. The van der Waals surface area contributed by atoms with E-state index >= 15 is 0 Å². The van der Waals surface area contributed by atoms with Gasteiger partial charge in [-0.3, -0.25) is 0 Å². The van der Waals surface area contributed by atoms with Crippen LogP contribution in [0.25, 0.3) is 0 Å². The largest absolute Gasteiger partial charge is 0.381 e. The van der Waals surface area contributed by atoms with Gasteiger partial charge in [0, 0.05) is 37.1 Å². The van der Waals surface area contributed by atoms with Crippen molar-refractivity contribution < 1.29 is 4.74 Å². The molecule has 0 aliphatic carbocycles. The number of hydrogen-bond donors (Lipinski definition) is 0. The predicted molar refractivity (Wildman–Crippen MR) is 120 cm³/mol. The Morgan fingerprint density at radius 2 is 0.577 bits per heavy atom. The van der Waals surface area contributed by atoms with Gasteiger partial charge in [0.2, 0.25) is 0 Å². The summed E-state index contributed by atoms with van der Waals surface area (Å²) in [5, 5.41) is 0. The summed E-state index contributed by atoms with van der Waals surface area (Å²) in [6.07, 6.45) is 28.2. The molecule has 0 aromatic rings. The smallest absolute Gasteiger partial charge is 0.0466 e. The minimum Gasteiger partial charge on any atom is -0.381 e. The molecular formula is C24H50OSn. The molecule has 0 rings (SSSR count). The molecule has 0 spiro atoms. The first kappa shape index (κ1) is 29.0. The minimum absolute atomic E-state index is 0. The van der Waals surface area contributed by atoms with Crippen molar-refractivity contribution in [1.29, 1.82) is 0 Å². The van der Waals surface area contributed by atoms with Gasteiger partial charge in [-0.2, -0.15) is 0 Å². The summed E-state index contributed by atoms with van der Waals surface area (Å²) in [5.74, 6) is 0. The fraction of sp³-hybridized carbons (Fsp3) is 1.00. The van der Waals surface area contributed by atoms with E-state index in [0.717, 1.165) is 13.2 Å². The Balaban J connectivity index is 0. The van der Waals surface area contributed by atoms with Crippen LogP contribution in [0.15, 0.2) is 0 Å². The zero-order valence-electron chi connectivity index (χ0n) is 18.5. The molecule has 0 unspecified atom stereocenters. The molecule has 1 nitrogen and oxygen atoms in total. The van der Waals surface area contributed by atoms with Crippen LogP contribution in [-0.2, 0) is 4.74 Å². The van der Waals surface area contributed by atoms with E-state index in [2.05, 4.69) is 13.8 Å². The first-order chi connectivity index (χ1) is 12.4. The molecule has 0 aromatic heterocycles. The van der Waals surface area contributed by atoms with Gasteiger partial charge in [-0.15, -0.1) is 0 Å². The molecule has 2 heteroatoms. The van der Waals surface area contributed by atoms with Crippen LogP contribution >= 0.6 is 0 Å². The summed E-state index contributed by atoms with van der Waals surface area (Å²) in [6.45, 7) is 6.57. The molecule has 4 radical (unpaired) electrons. The Kier molecular flexibility index (Phi) is 31.2. The zero-order chi connectivity index (χ0) is 18.3. The van der Waals surface area contributed by atoms with Crippen LogP contribution in [-0.4, -0.2) is 37.1 Å². The molecule has 0 bridgehead atoms. The van der Waals surface area contributed by atoms with Crippen LogP contribution in [0.1, 0.15) is 142 Å². The Morgan fingerprint density at radius 3 is 0.846 bits per heavy atom. The summed E-state index contributed by atoms with van der Waals surface area (Å²) >= 11 is 0. The summed E-state index contributed by atoms with van der Waals surface area (Å²) < 4.78 is 5.78. The Labute approximate surface area is 183 Å². The van der Waals surface area contributed by atoms with Gasteiger partial charge < -0.3 is 4.74 Å². The molecule has 0 N–H and O–H groups in total. The minimum atomic E-state index is 0. The van der Waals surface area contributed by atoms with Gasteiger partial charge >= 0.3 is 0 Å². The van der Waals surface area contributed by atoms with Crippen molar-refractivity contribution >= 4 is 23.9 Å². The molecule has 0 amide bonds. The van der Waals surface area contributed by atoms with Gasteiger partial charge in [0.1, 0.15) is 0 Å². The third-order valence-electron chi connectivity index (χ3n) is 5.28. The standard InChI is InChI=1S/C24H50O.Sn/c1-3-5-7-9-11-13-15-17-19-21-23-25-24-22-20-18-16-14-12-10-8-6-4-2;/h3-24H2,1-2H3;. The summed E-state index contributed by atoms with van der Waals surface area (Å²) in [6, 6.07) is 0. The van der Waals surface area contributed by atoms with Crippen LogP contribution in [0.3, 0.4) is 0 Å². The third-order valence-corrected chi connectivity index (χ3v) is 5.28. The van der Waals surface area contributed by atoms with E-state index < -0.39 is 0 Å². The normalized spacial score (nSPS) is 10.8. The molecule has 0 aromatic carbocycles. The van der Waals surface area contributed by atoms with E-state index in [1.54, 1.807) is 0 Å². The quantitative estimate of drug-likeness (QED) is 0.113. The molecule has 0 saturated heterocycles. The average Bonchev–Trinajstić information content (AvgIpc) is 2.63. The fourth-order valence-corrected chi connectivity index (χ4v) is 3.49. The Hall–Kier alpha value is 0.759. The average molecular weight is 473 g/mol. The van der Waals surface area contributed by atoms with Crippen molar-refractivity contribution in [3.63, 3.8) is 0 Å². The second kappa shape index (κ2) is 28.0. The van der Waals surface area contributed by atoms with Gasteiger partial charge in [-0.05, 0) is 12.8 Å². The summed E-state index contributed by atoms with van der Waals surface area (Å²) in [7, 11) is 0. The van der Waals surface area contributed by atoms with Crippen molar-refractivity contribution in [1.82, 2.24) is 0 Å². The van der Waals surface area contributed by atoms with Crippen molar-refractivity contribution in [2.45, 2.75) is 142 Å². The molecule has 26 heavy (non-hydrogen) atoms. The van der Waals surface area contributed by atoms with Crippen LogP contribution in [0.5, 0.6) is 0 Å². The number of rotatable bonds is 22. The second-order valence-corrected chi connectivity index (χ2v) is 7.98. The van der Waals surface area contributed by atoms with Gasteiger partial charge in [-0.1, -0.05) is 129 Å². The zero-order valence-corrected chi connectivity index (χ0v) is 21.3. The predicted octanol–water partition coefficient (Wildman–Crippen LogP) is 8.46. The van der Waals surface area contributed by atoms with Crippen molar-refractivity contribution in [3.8, 4) is 0 Å². The maximum absolute atomic E-state index is 5.78. The van der Waals surface area contributed by atoms with E-state index in [1.807, 2.05) is 0 Å². The summed E-state index contributed by atoms with van der Waals surface area (Å²) in [4.78, 5) is 0. The molecule has 0 aliphatic rings. The van der Waals surface area contributed by atoms with Crippen LogP contribution in [0.2, 0.25) is 0 Å². The molecular weight excluding hydrogens is 423 g/mol. The maximum atomic E-state index is 5.78. The number of ether oxygens (including phenoxy) is 1. The van der Waals surface area contributed by atoms with Crippen molar-refractivity contribution in [2.24, 2.45) is 0 Å². The fourth-order valence-electron chi connectivity index (χ4n) is 3.49. The van der Waals surface area contributed by atoms with E-state index in [1.165, 1.54) is 128 Å². The van der Waals surface area contributed by atoms with Crippen molar-refractivity contribution in [3.05, 3.63) is 0 Å². The maximum Gasteiger partial charge on any atom is 0.0466 e. The van der Waals surface area contributed by atoms with E-state index in [-0.39, 0.29) is 23.9 Å². The van der Waals surface area contributed by atoms with Crippen molar-refractivity contribution in [2.75, 3.05) is 13.2 Å². The number of hydrogen-bond acceptors (Lipinski definition) is 1. The third kappa shape index (κ3) is 27.0. The first-order valence-corrected chi connectivity index (χ1v) is 12.0. The molecule has 0 saturated carbocycles. The topological polar surface area (TPSA) is 9.23 Å². The number of unbranched alkanes of at least 4 members (excludes halogenated alkanes) is 18. The Bertz CT molecular complexity index is 198. The monoisotopic (exact) mass is 474 g/mol. The molecule has 156 valence electrons.